The molecule has 1 heterocycles. The van der Waals surface area contributed by atoms with Crippen molar-refractivity contribution in [3.63, 3.8) is 0 Å². The lowest BCUT2D eigenvalue weighted by molar-refractivity contribution is 0.100. The summed E-state index contributed by atoms with van der Waals surface area (Å²) in [5.41, 5.74) is 12.9. The van der Waals surface area contributed by atoms with Crippen molar-refractivity contribution in [1.29, 1.82) is 0 Å². The minimum Gasteiger partial charge on any atom is -0.366 e. The van der Waals surface area contributed by atoms with Gasteiger partial charge in [-0.2, -0.15) is 5.10 Å². The third-order valence-corrected chi connectivity index (χ3v) is 2.19. The van der Waals surface area contributed by atoms with E-state index in [0.29, 0.717) is 12.1 Å². The second kappa shape index (κ2) is 3.12. The molecule has 0 saturated heterocycles. The van der Waals surface area contributed by atoms with Gasteiger partial charge in [-0.3, -0.25) is 9.89 Å². The fourth-order valence-electron chi connectivity index (χ4n) is 1.48. The van der Waals surface area contributed by atoms with Crippen LogP contribution in [0.25, 0.3) is 10.9 Å². The minimum atomic E-state index is -0.458. The summed E-state index contributed by atoms with van der Waals surface area (Å²) in [6, 6.07) is 3.45. The van der Waals surface area contributed by atoms with Gasteiger partial charge < -0.3 is 11.5 Å². The number of nitrogens with two attached hydrogens (primary N) is 2. The van der Waals surface area contributed by atoms with Gasteiger partial charge in [-0.15, -0.1) is 0 Å². The Kier molecular flexibility index (Phi) is 1.94. The number of rotatable bonds is 2. The van der Waals surface area contributed by atoms with Gasteiger partial charge in [0.05, 0.1) is 17.3 Å². The first-order valence-corrected chi connectivity index (χ1v) is 4.19. The van der Waals surface area contributed by atoms with Gasteiger partial charge in [0, 0.05) is 11.9 Å². The Labute approximate surface area is 80.1 Å². The predicted octanol–water partition coefficient (Wildman–Crippen LogP) is 0.120. The molecule has 0 atom stereocenters. The molecule has 1 amide bonds. The van der Waals surface area contributed by atoms with E-state index in [1.807, 2.05) is 0 Å². The number of H-pyrrole nitrogens is 1. The molecule has 0 bridgehead atoms. The highest BCUT2D eigenvalue weighted by Gasteiger charge is 2.10. The van der Waals surface area contributed by atoms with Crippen LogP contribution in [0.4, 0.5) is 0 Å². The number of amides is 1. The standard InChI is InChI=1S/C9H10N4O/c10-3-5-1-2-6(9(11)14)7-4-12-13-8(5)7/h1-2,4H,3,10H2,(H2,11,14)(H,12,13). The summed E-state index contributed by atoms with van der Waals surface area (Å²) in [4.78, 5) is 11.1. The summed E-state index contributed by atoms with van der Waals surface area (Å²) < 4.78 is 0. The number of aromatic amines is 1. The van der Waals surface area contributed by atoms with Crippen LogP contribution in [0.3, 0.4) is 0 Å². The average Bonchev–Trinajstić information content (AvgIpc) is 2.64. The summed E-state index contributed by atoms with van der Waals surface area (Å²) in [6.07, 6.45) is 1.58. The first kappa shape index (κ1) is 8.71. The van der Waals surface area contributed by atoms with E-state index in [1.54, 1.807) is 18.3 Å². The monoisotopic (exact) mass is 190 g/mol. The van der Waals surface area contributed by atoms with E-state index in [4.69, 9.17) is 11.5 Å². The Morgan fingerprint density at radius 3 is 2.93 bits per heavy atom. The zero-order valence-electron chi connectivity index (χ0n) is 7.45. The quantitative estimate of drug-likeness (QED) is 0.627. The molecule has 1 aromatic carbocycles. The number of benzene rings is 1. The number of hydrogen-bond donors (Lipinski definition) is 3. The number of carbonyl (C=O) groups is 1. The Hall–Kier alpha value is -1.88. The predicted molar refractivity (Wildman–Crippen MR) is 52.5 cm³/mol. The van der Waals surface area contributed by atoms with Gasteiger partial charge in [0.15, 0.2) is 0 Å². The van der Waals surface area contributed by atoms with Crippen molar-refractivity contribution < 1.29 is 4.79 Å². The van der Waals surface area contributed by atoms with Crippen LogP contribution in [0.1, 0.15) is 15.9 Å². The average molecular weight is 190 g/mol. The van der Waals surface area contributed by atoms with E-state index in [2.05, 4.69) is 10.2 Å². The topological polar surface area (TPSA) is 97.8 Å². The molecule has 1 aromatic heterocycles. The molecule has 2 aromatic rings. The number of hydrogen-bond acceptors (Lipinski definition) is 3. The number of primary amides is 1. The maximum atomic E-state index is 11.1. The molecule has 0 aliphatic heterocycles. The highest BCUT2D eigenvalue weighted by molar-refractivity contribution is 6.05. The zero-order valence-corrected chi connectivity index (χ0v) is 7.45. The summed E-state index contributed by atoms with van der Waals surface area (Å²) in [7, 11) is 0. The summed E-state index contributed by atoms with van der Waals surface area (Å²) in [5.74, 6) is -0.458. The second-order valence-electron chi connectivity index (χ2n) is 3.00. The molecular formula is C9H10N4O. The van der Waals surface area contributed by atoms with Gasteiger partial charge in [0.2, 0.25) is 5.91 Å². The van der Waals surface area contributed by atoms with E-state index in [-0.39, 0.29) is 0 Å². The van der Waals surface area contributed by atoms with E-state index >= 15 is 0 Å². The minimum absolute atomic E-state index is 0.401. The third-order valence-electron chi connectivity index (χ3n) is 2.19. The molecule has 14 heavy (non-hydrogen) atoms. The first-order valence-electron chi connectivity index (χ1n) is 4.19. The Balaban J connectivity index is 2.78. The first-order chi connectivity index (χ1) is 6.74. The van der Waals surface area contributed by atoms with Crippen LogP contribution in [-0.2, 0) is 6.54 Å². The van der Waals surface area contributed by atoms with Crippen molar-refractivity contribution in [2.75, 3.05) is 0 Å². The van der Waals surface area contributed by atoms with Crippen molar-refractivity contribution in [3.8, 4) is 0 Å². The lowest BCUT2D eigenvalue weighted by Crippen LogP contribution is -2.11. The molecule has 72 valence electrons. The molecule has 0 radical (unpaired) electrons. The maximum absolute atomic E-state index is 11.1. The normalized spacial score (nSPS) is 10.6. The van der Waals surface area contributed by atoms with Gasteiger partial charge in [-0.05, 0) is 11.6 Å². The Bertz CT molecular complexity index is 489. The number of aromatic nitrogens is 2. The zero-order chi connectivity index (χ0) is 10.1. The summed E-state index contributed by atoms with van der Waals surface area (Å²) in [6.45, 7) is 0.401. The van der Waals surface area contributed by atoms with Crippen molar-refractivity contribution in [3.05, 3.63) is 29.5 Å². The van der Waals surface area contributed by atoms with Gasteiger partial charge in [-0.1, -0.05) is 6.07 Å². The largest absolute Gasteiger partial charge is 0.366 e. The van der Waals surface area contributed by atoms with Crippen molar-refractivity contribution in [2.45, 2.75) is 6.54 Å². The van der Waals surface area contributed by atoms with Crippen LogP contribution < -0.4 is 11.5 Å². The molecule has 5 nitrogen and oxygen atoms in total. The fraction of sp³-hybridized carbons (Fsp3) is 0.111. The van der Waals surface area contributed by atoms with Crippen LogP contribution in [0, 0.1) is 0 Å². The molecule has 0 aliphatic carbocycles. The van der Waals surface area contributed by atoms with Gasteiger partial charge in [0.1, 0.15) is 0 Å². The summed E-state index contributed by atoms with van der Waals surface area (Å²) in [5, 5.41) is 7.38. The molecule has 5 N–H and O–H groups in total. The van der Waals surface area contributed by atoms with E-state index in [1.165, 1.54) is 0 Å². The fourth-order valence-corrected chi connectivity index (χ4v) is 1.48. The van der Waals surface area contributed by atoms with Crippen molar-refractivity contribution >= 4 is 16.8 Å². The van der Waals surface area contributed by atoms with E-state index in [0.717, 1.165) is 16.5 Å². The maximum Gasteiger partial charge on any atom is 0.249 e. The van der Waals surface area contributed by atoms with E-state index < -0.39 is 5.91 Å². The molecule has 0 fully saturated rings. The van der Waals surface area contributed by atoms with Gasteiger partial charge in [-0.25, -0.2) is 0 Å². The van der Waals surface area contributed by atoms with Gasteiger partial charge >= 0.3 is 0 Å². The van der Waals surface area contributed by atoms with Crippen LogP contribution >= 0.6 is 0 Å². The molecule has 5 heteroatoms. The van der Waals surface area contributed by atoms with Crippen LogP contribution in [-0.4, -0.2) is 16.1 Å². The van der Waals surface area contributed by atoms with Gasteiger partial charge in [0.25, 0.3) is 0 Å². The second-order valence-corrected chi connectivity index (χ2v) is 3.00. The van der Waals surface area contributed by atoms with Crippen LogP contribution in [0.5, 0.6) is 0 Å². The molecular weight excluding hydrogens is 180 g/mol. The lowest BCUT2D eigenvalue weighted by Gasteiger charge is -2.01. The number of nitrogens with one attached hydrogen (secondary N) is 1. The third kappa shape index (κ3) is 1.14. The van der Waals surface area contributed by atoms with Crippen LogP contribution in [0.15, 0.2) is 18.3 Å². The van der Waals surface area contributed by atoms with Crippen molar-refractivity contribution in [1.82, 2.24) is 10.2 Å². The smallest absolute Gasteiger partial charge is 0.249 e. The molecule has 0 saturated carbocycles. The lowest BCUT2D eigenvalue weighted by atomic mass is 10.1. The number of nitrogens with zero attached hydrogens (tertiary/aromatic N) is 1. The highest BCUT2D eigenvalue weighted by atomic mass is 16.1. The molecule has 0 spiro atoms. The SMILES string of the molecule is NCc1ccc(C(N)=O)c2cn[nH]c12. The summed E-state index contributed by atoms with van der Waals surface area (Å²) >= 11 is 0. The van der Waals surface area contributed by atoms with Crippen LogP contribution in [0.2, 0.25) is 0 Å². The van der Waals surface area contributed by atoms with Crippen molar-refractivity contribution in [2.24, 2.45) is 11.5 Å². The number of fused-ring (bicyclic) bond motifs is 1. The number of carbonyl (C=O) groups excluding carboxylic acids is 1. The highest BCUT2D eigenvalue weighted by Crippen LogP contribution is 2.19. The Morgan fingerprint density at radius 1 is 1.50 bits per heavy atom. The molecule has 2 rings (SSSR count). The Morgan fingerprint density at radius 2 is 2.29 bits per heavy atom. The van der Waals surface area contributed by atoms with E-state index in [9.17, 15) is 4.79 Å². The molecule has 0 aliphatic rings. The molecule has 0 unspecified atom stereocenters.